The largest absolute Gasteiger partial charge is 0.453 e. The Labute approximate surface area is 94.4 Å². The van der Waals surface area contributed by atoms with Crippen LogP contribution in [0.3, 0.4) is 0 Å². The number of rotatable bonds is 1. The fourth-order valence-corrected chi connectivity index (χ4v) is 1.79. The van der Waals surface area contributed by atoms with Crippen molar-refractivity contribution < 1.29 is 22.7 Å². The van der Waals surface area contributed by atoms with Crippen LogP contribution in [0.5, 0.6) is 0 Å². The Bertz CT molecular complexity index is 516. The summed E-state index contributed by atoms with van der Waals surface area (Å²) in [5.41, 5.74) is -1.35. The summed E-state index contributed by atoms with van der Waals surface area (Å²) < 4.78 is 42.7. The van der Waals surface area contributed by atoms with Crippen LogP contribution in [-0.2, 0) is 10.9 Å². The minimum Gasteiger partial charge on any atom is -0.453 e. The Kier molecular flexibility index (Phi) is 2.54. The van der Waals surface area contributed by atoms with Crippen molar-refractivity contribution in [2.45, 2.75) is 18.7 Å². The number of halogens is 3. The highest BCUT2D eigenvalue weighted by atomic mass is 19.4. The highest BCUT2D eigenvalue weighted by Gasteiger charge is 2.41. The third kappa shape index (κ3) is 1.84. The first-order valence-corrected chi connectivity index (χ1v) is 4.73. The van der Waals surface area contributed by atoms with E-state index in [0.29, 0.717) is 0 Å². The van der Waals surface area contributed by atoms with Crippen molar-refractivity contribution in [2.75, 3.05) is 0 Å². The number of cyclic esters (lactones) is 1. The molecule has 1 atom stereocenters. The quantitative estimate of drug-likeness (QED) is 0.710. The number of alkyl halides is 3. The average Bonchev–Trinajstić information content (AvgIpc) is 2.55. The third-order valence-electron chi connectivity index (χ3n) is 2.48. The molecule has 1 heterocycles. The van der Waals surface area contributed by atoms with Crippen LogP contribution in [0.25, 0.3) is 0 Å². The molecule has 0 fully saturated rings. The van der Waals surface area contributed by atoms with Gasteiger partial charge in [-0.3, -0.25) is 0 Å². The molecule has 3 nitrogen and oxygen atoms in total. The zero-order chi connectivity index (χ0) is 12.6. The molecule has 0 amide bonds. The van der Waals surface area contributed by atoms with Gasteiger partial charge in [0.05, 0.1) is 23.6 Å². The van der Waals surface area contributed by atoms with Gasteiger partial charge in [0.25, 0.3) is 0 Å². The van der Waals surface area contributed by atoms with Crippen LogP contribution < -0.4 is 0 Å². The van der Waals surface area contributed by atoms with Gasteiger partial charge in [-0.25, -0.2) is 4.79 Å². The Morgan fingerprint density at radius 3 is 2.71 bits per heavy atom. The number of carbonyl (C=O) groups is 1. The van der Waals surface area contributed by atoms with E-state index in [0.717, 1.165) is 6.07 Å². The Morgan fingerprint density at radius 2 is 2.12 bits per heavy atom. The number of hydrogen-bond donors (Lipinski definition) is 0. The molecule has 88 valence electrons. The molecule has 0 spiro atoms. The van der Waals surface area contributed by atoms with Gasteiger partial charge in [0.15, 0.2) is 0 Å². The second kappa shape index (κ2) is 3.77. The number of fused-ring (bicyclic) bond motifs is 1. The number of ether oxygens (including phenoxy) is 1. The van der Waals surface area contributed by atoms with E-state index >= 15 is 0 Å². The van der Waals surface area contributed by atoms with Crippen molar-refractivity contribution in [1.29, 1.82) is 5.26 Å². The zero-order valence-corrected chi connectivity index (χ0v) is 8.41. The van der Waals surface area contributed by atoms with Crippen molar-refractivity contribution in [2.24, 2.45) is 0 Å². The molecule has 1 aromatic carbocycles. The molecular formula is C11H6F3NO2. The molecular weight excluding hydrogens is 235 g/mol. The lowest BCUT2D eigenvalue weighted by atomic mass is 9.98. The molecule has 0 aliphatic carbocycles. The number of nitriles is 1. The van der Waals surface area contributed by atoms with E-state index in [-0.39, 0.29) is 12.0 Å². The summed E-state index contributed by atoms with van der Waals surface area (Å²) in [6.07, 6.45) is -5.66. The number of hydrogen-bond acceptors (Lipinski definition) is 3. The molecule has 0 saturated heterocycles. The predicted molar refractivity (Wildman–Crippen MR) is 49.8 cm³/mol. The van der Waals surface area contributed by atoms with E-state index < -0.39 is 29.4 Å². The van der Waals surface area contributed by atoms with Crippen molar-refractivity contribution in [1.82, 2.24) is 0 Å². The summed E-state index contributed by atoms with van der Waals surface area (Å²) in [7, 11) is 0. The Balaban J connectivity index is 2.57. The zero-order valence-electron chi connectivity index (χ0n) is 8.41. The van der Waals surface area contributed by atoms with Crippen molar-refractivity contribution >= 4 is 5.97 Å². The number of benzene rings is 1. The van der Waals surface area contributed by atoms with Gasteiger partial charge in [0.2, 0.25) is 0 Å². The molecule has 1 aromatic rings. The van der Waals surface area contributed by atoms with Gasteiger partial charge in [-0.1, -0.05) is 12.1 Å². The van der Waals surface area contributed by atoms with E-state index in [4.69, 9.17) is 10.00 Å². The van der Waals surface area contributed by atoms with Gasteiger partial charge < -0.3 is 4.74 Å². The maximum atomic E-state index is 12.7. The lowest BCUT2D eigenvalue weighted by Crippen LogP contribution is -2.11. The molecule has 1 aliphatic heterocycles. The van der Waals surface area contributed by atoms with Crippen LogP contribution in [-0.4, -0.2) is 5.97 Å². The van der Waals surface area contributed by atoms with E-state index in [9.17, 15) is 18.0 Å². The lowest BCUT2D eigenvalue weighted by molar-refractivity contribution is -0.138. The molecule has 2 rings (SSSR count). The first-order valence-electron chi connectivity index (χ1n) is 4.73. The summed E-state index contributed by atoms with van der Waals surface area (Å²) in [5, 5.41) is 8.50. The first kappa shape index (κ1) is 11.5. The SMILES string of the molecule is N#CC[C@@H]1OC(=O)c2c1cccc2C(F)(F)F. The van der Waals surface area contributed by atoms with Crippen LogP contribution in [0.4, 0.5) is 13.2 Å². The normalized spacial score (nSPS) is 18.5. The van der Waals surface area contributed by atoms with Crippen LogP contribution >= 0.6 is 0 Å². The first-order chi connectivity index (χ1) is 7.95. The number of esters is 1. The van der Waals surface area contributed by atoms with Crippen LogP contribution in [0.2, 0.25) is 0 Å². The minimum absolute atomic E-state index is 0.131. The van der Waals surface area contributed by atoms with E-state index in [2.05, 4.69) is 0 Å². The van der Waals surface area contributed by atoms with Gasteiger partial charge >= 0.3 is 12.1 Å². The van der Waals surface area contributed by atoms with Gasteiger partial charge in [0.1, 0.15) is 6.10 Å². The van der Waals surface area contributed by atoms with Gasteiger partial charge in [-0.05, 0) is 6.07 Å². The molecule has 1 aliphatic rings. The summed E-state index contributed by atoms with van der Waals surface area (Å²) in [5.74, 6) is -1.02. The highest BCUT2D eigenvalue weighted by molar-refractivity contribution is 5.95. The van der Waals surface area contributed by atoms with Crippen molar-refractivity contribution in [3.63, 3.8) is 0 Å². The molecule has 0 bridgehead atoms. The second-order valence-electron chi connectivity index (χ2n) is 3.52. The van der Waals surface area contributed by atoms with Gasteiger partial charge in [-0.15, -0.1) is 0 Å². The standard InChI is InChI=1S/C11H6F3NO2/c12-11(13,14)7-3-1-2-6-8(4-5-15)17-10(16)9(6)7/h1-3,8H,4H2/t8-/m0/s1. The molecule has 0 aromatic heterocycles. The van der Waals surface area contributed by atoms with E-state index in [1.54, 1.807) is 6.07 Å². The number of nitrogens with zero attached hydrogens (tertiary/aromatic N) is 1. The molecule has 0 radical (unpaired) electrons. The Morgan fingerprint density at radius 1 is 1.41 bits per heavy atom. The van der Waals surface area contributed by atoms with Crippen LogP contribution in [0, 0.1) is 11.3 Å². The maximum absolute atomic E-state index is 12.7. The fourth-order valence-electron chi connectivity index (χ4n) is 1.79. The van der Waals surface area contributed by atoms with Crippen LogP contribution in [0.15, 0.2) is 18.2 Å². The minimum atomic E-state index is -4.61. The molecule has 6 heteroatoms. The van der Waals surface area contributed by atoms with Gasteiger partial charge in [-0.2, -0.15) is 18.4 Å². The Hall–Kier alpha value is -2.03. The van der Waals surface area contributed by atoms with Crippen LogP contribution in [0.1, 0.15) is 34.0 Å². The van der Waals surface area contributed by atoms with Crippen molar-refractivity contribution in [3.05, 3.63) is 34.9 Å². The number of carbonyl (C=O) groups excluding carboxylic acids is 1. The highest BCUT2D eigenvalue weighted by Crippen LogP contribution is 2.40. The lowest BCUT2D eigenvalue weighted by Gasteiger charge is -2.09. The molecule has 17 heavy (non-hydrogen) atoms. The topological polar surface area (TPSA) is 50.1 Å². The predicted octanol–water partition coefficient (Wildman–Crippen LogP) is 2.83. The fraction of sp³-hybridized carbons (Fsp3) is 0.273. The van der Waals surface area contributed by atoms with Gasteiger partial charge in [0, 0.05) is 5.56 Å². The summed E-state index contributed by atoms with van der Waals surface area (Å²) in [4.78, 5) is 11.4. The summed E-state index contributed by atoms with van der Waals surface area (Å²) >= 11 is 0. The van der Waals surface area contributed by atoms with E-state index in [1.807, 2.05) is 0 Å². The van der Waals surface area contributed by atoms with Crippen molar-refractivity contribution in [3.8, 4) is 6.07 Å². The summed E-state index contributed by atoms with van der Waals surface area (Å²) in [6.45, 7) is 0. The smallest absolute Gasteiger partial charge is 0.417 e. The molecule has 0 unspecified atom stereocenters. The molecule has 0 N–H and O–H groups in total. The molecule has 0 saturated carbocycles. The third-order valence-corrected chi connectivity index (χ3v) is 2.48. The van der Waals surface area contributed by atoms with E-state index in [1.165, 1.54) is 12.1 Å². The monoisotopic (exact) mass is 241 g/mol. The second-order valence-corrected chi connectivity index (χ2v) is 3.52. The average molecular weight is 241 g/mol. The maximum Gasteiger partial charge on any atom is 0.417 e. The summed E-state index contributed by atoms with van der Waals surface area (Å²) in [6, 6.07) is 5.17.